The van der Waals surface area contributed by atoms with Crippen LogP contribution in [0.3, 0.4) is 0 Å². The number of rotatable bonds is 3. The first kappa shape index (κ1) is 11.6. The predicted molar refractivity (Wildman–Crippen MR) is 56.2 cm³/mol. The maximum absolute atomic E-state index is 12.8. The number of nitrogens with zero attached hydrogens (tertiary/aromatic N) is 3. The van der Waals surface area contributed by atoms with Gasteiger partial charge in [-0.25, -0.2) is 4.98 Å². The van der Waals surface area contributed by atoms with Gasteiger partial charge in [0.25, 0.3) is 0 Å². The summed E-state index contributed by atoms with van der Waals surface area (Å²) in [5, 5.41) is 5.26. The van der Waals surface area contributed by atoms with Gasteiger partial charge in [0.15, 0.2) is 5.82 Å². The van der Waals surface area contributed by atoms with E-state index in [1.54, 1.807) is 10.9 Å². The van der Waals surface area contributed by atoms with Crippen LogP contribution in [0.5, 0.6) is 0 Å². The van der Waals surface area contributed by atoms with E-state index in [0.717, 1.165) is 0 Å². The SMILES string of the molecule is FC(F)(F)C1(c2noc(Cc3cscn3)n2)CC1. The number of hydrogen-bond donors (Lipinski definition) is 0. The van der Waals surface area contributed by atoms with Crippen LogP contribution in [0.4, 0.5) is 13.2 Å². The number of aromatic nitrogens is 3. The lowest BCUT2D eigenvalue weighted by Gasteiger charge is -2.14. The first-order valence-corrected chi connectivity index (χ1v) is 6.22. The quantitative estimate of drug-likeness (QED) is 0.864. The Morgan fingerprint density at radius 2 is 2.17 bits per heavy atom. The Hall–Kier alpha value is -1.44. The largest absolute Gasteiger partial charge is 0.401 e. The van der Waals surface area contributed by atoms with Gasteiger partial charge < -0.3 is 4.52 Å². The van der Waals surface area contributed by atoms with Crippen molar-refractivity contribution < 1.29 is 17.7 Å². The number of hydrogen-bond acceptors (Lipinski definition) is 5. The molecule has 0 N–H and O–H groups in total. The fourth-order valence-corrected chi connectivity index (χ4v) is 2.32. The van der Waals surface area contributed by atoms with Crippen molar-refractivity contribution in [1.82, 2.24) is 15.1 Å². The van der Waals surface area contributed by atoms with Crippen LogP contribution in [-0.2, 0) is 11.8 Å². The van der Waals surface area contributed by atoms with E-state index in [1.807, 2.05) is 0 Å². The average Bonchev–Trinajstić information content (AvgIpc) is 2.75. The standard InChI is InChI=1S/C10H8F3N3OS/c11-10(12,13)9(1-2-9)8-15-7(17-16-8)3-6-4-18-5-14-6/h4-5H,1-3H2. The van der Waals surface area contributed by atoms with Gasteiger partial charge in [-0.1, -0.05) is 5.16 Å². The van der Waals surface area contributed by atoms with E-state index in [1.165, 1.54) is 11.3 Å². The van der Waals surface area contributed by atoms with Gasteiger partial charge in [-0.05, 0) is 12.8 Å². The lowest BCUT2D eigenvalue weighted by molar-refractivity contribution is -0.162. The molecule has 0 amide bonds. The van der Waals surface area contributed by atoms with Crippen LogP contribution >= 0.6 is 11.3 Å². The van der Waals surface area contributed by atoms with E-state index in [0.29, 0.717) is 5.69 Å². The molecule has 0 bridgehead atoms. The van der Waals surface area contributed by atoms with Gasteiger partial charge >= 0.3 is 6.18 Å². The molecule has 1 aliphatic rings. The summed E-state index contributed by atoms with van der Waals surface area (Å²) in [5.74, 6) is -0.0772. The summed E-state index contributed by atoms with van der Waals surface area (Å²) >= 11 is 1.41. The predicted octanol–water partition coefficient (Wildman–Crippen LogP) is 2.71. The van der Waals surface area contributed by atoms with E-state index in [-0.39, 0.29) is 31.0 Å². The zero-order chi connectivity index (χ0) is 12.8. The molecule has 2 heterocycles. The molecule has 8 heteroatoms. The van der Waals surface area contributed by atoms with E-state index in [9.17, 15) is 13.2 Å². The summed E-state index contributed by atoms with van der Waals surface area (Å²) < 4.78 is 43.4. The van der Waals surface area contributed by atoms with Crippen LogP contribution in [0, 0.1) is 0 Å². The van der Waals surface area contributed by atoms with Gasteiger partial charge in [0.1, 0.15) is 5.41 Å². The highest BCUT2D eigenvalue weighted by Crippen LogP contribution is 2.57. The van der Waals surface area contributed by atoms with Crippen molar-refractivity contribution in [1.29, 1.82) is 0 Å². The zero-order valence-electron chi connectivity index (χ0n) is 9.07. The fourth-order valence-electron chi connectivity index (χ4n) is 1.76. The monoisotopic (exact) mass is 275 g/mol. The molecule has 3 rings (SSSR count). The maximum Gasteiger partial charge on any atom is 0.401 e. The first-order chi connectivity index (χ1) is 8.51. The molecule has 4 nitrogen and oxygen atoms in total. The molecular formula is C10H8F3N3OS. The first-order valence-electron chi connectivity index (χ1n) is 5.28. The number of halogens is 3. The van der Waals surface area contributed by atoms with Crippen molar-refractivity contribution in [2.75, 3.05) is 0 Å². The molecule has 1 saturated carbocycles. The van der Waals surface area contributed by atoms with Crippen molar-refractivity contribution in [2.24, 2.45) is 0 Å². The van der Waals surface area contributed by atoms with Crippen molar-refractivity contribution in [3.8, 4) is 0 Å². The maximum atomic E-state index is 12.8. The molecule has 1 fully saturated rings. The molecular weight excluding hydrogens is 267 g/mol. The minimum atomic E-state index is -4.31. The van der Waals surface area contributed by atoms with E-state index in [2.05, 4.69) is 15.1 Å². The zero-order valence-corrected chi connectivity index (χ0v) is 9.88. The van der Waals surface area contributed by atoms with Gasteiger partial charge in [0.05, 0.1) is 17.6 Å². The van der Waals surface area contributed by atoms with Gasteiger partial charge in [-0.2, -0.15) is 18.2 Å². The normalized spacial score (nSPS) is 17.9. The number of alkyl halides is 3. The molecule has 2 aromatic rings. The Morgan fingerprint density at radius 1 is 1.39 bits per heavy atom. The molecule has 18 heavy (non-hydrogen) atoms. The fraction of sp³-hybridized carbons (Fsp3) is 0.500. The van der Waals surface area contributed by atoms with E-state index >= 15 is 0 Å². The summed E-state index contributed by atoms with van der Waals surface area (Å²) in [6, 6.07) is 0. The summed E-state index contributed by atoms with van der Waals surface area (Å²) in [7, 11) is 0. The summed E-state index contributed by atoms with van der Waals surface area (Å²) in [6.45, 7) is 0. The average molecular weight is 275 g/mol. The lowest BCUT2D eigenvalue weighted by Crippen LogP contribution is -2.29. The van der Waals surface area contributed by atoms with Crippen molar-refractivity contribution in [3.05, 3.63) is 28.3 Å². The van der Waals surface area contributed by atoms with Crippen LogP contribution in [0.15, 0.2) is 15.4 Å². The lowest BCUT2D eigenvalue weighted by atomic mass is 10.1. The van der Waals surface area contributed by atoms with Gasteiger partial charge in [-0.15, -0.1) is 11.3 Å². The molecule has 96 valence electrons. The second-order valence-corrected chi connectivity index (χ2v) is 4.97. The minimum absolute atomic E-state index is 0.0339. The molecule has 2 aromatic heterocycles. The molecule has 0 saturated heterocycles. The highest BCUT2D eigenvalue weighted by Gasteiger charge is 2.67. The molecule has 1 aliphatic carbocycles. The second-order valence-electron chi connectivity index (χ2n) is 4.25. The van der Waals surface area contributed by atoms with Gasteiger partial charge in [-0.3, -0.25) is 0 Å². The Labute approximate surface area is 104 Å². The highest BCUT2D eigenvalue weighted by atomic mass is 32.1. The van der Waals surface area contributed by atoms with Crippen LogP contribution in [-0.4, -0.2) is 21.3 Å². The van der Waals surface area contributed by atoms with Gasteiger partial charge in [0, 0.05) is 5.38 Å². The van der Waals surface area contributed by atoms with Gasteiger partial charge in [0.2, 0.25) is 5.89 Å². The minimum Gasteiger partial charge on any atom is -0.339 e. The molecule has 0 atom stereocenters. The Morgan fingerprint density at radius 3 is 2.72 bits per heavy atom. The highest BCUT2D eigenvalue weighted by molar-refractivity contribution is 7.07. The van der Waals surface area contributed by atoms with Crippen molar-refractivity contribution in [2.45, 2.75) is 30.9 Å². The van der Waals surface area contributed by atoms with Crippen molar-refractivity contribution in [3.63, 3.8) is 0 Å². The van der Waals surface area contributed by atoms with E-state index < -0.39 is 11.6 Å². The molecule has 0 aliphatic heterocycles. The Bertz CT molecular complexity index is 545. The van der Waals surface area contributed by atoms with Crippen molar-refractivity contribution >= 4 is 11.3 Å². The third-order valence-corrected chi connectivity index (χ3v) is 3.64. The summed E-state index contributed by atoms with van der Waals surface area (Å²) in [6.07, 6.45) is -3.97. The Balaban J connectivity index is 1.82. The second kappa shape index (κ2) is 3.78. The third kappa shape index (κ3) is 1.80. The van der Waals surface area contributed by atoms with Crippen LogP contribution in [0.2, 0.25) is 0 Å². The van der Waals surface area contributed by atoms with Crippen LogP contribution in [0.1, 0.15) is 30.3 Å². The molecule has 0 unspecified atom stereocenters. The Kier molecular flexibility index (Phi) is 2.44. The summed E-state index contributed by atoms with van der Waals surface area (Å²) in [4.78, 5) is 7.87. The summed E-state index contributed by atoms with van der Waals surface area (Å²) in [5.41, 5.74) is 0.480. The van der Waals surface area contributed by atoms with Crippen LogP contribution < -0.4 is 0 Å². The smallest absolute Gasteiger partial charge is 0.339 e. The number of thiazole rings is 1. The molecule has 0 spiro atoms. The van der Waals surface area contributed by atoms with E-state index in [4.69, 9.17) is 4.52 Å². The van der Waals surface area contributed by atoms with Crippen LogP contribution in [0.25, 0.3) is 0 Å². The molecule has 0 aromatic carbocycles. The third-order valence-electron chi connectivity index (χ3n) is 3.00. The topological polar surface area (TPSA) is 51.8 Å². The molecule has 0 radical (unpaired) electrons.